The number of rotatable bonds is 4. The number of fused-ring (bicyclic) bond motifs is 2. The normalized spacial score (nSPS) is 17.5. The fourth-order valence-electron chi connectivity index (χ4n) is 5.79. The molecule has 0 saturated carbocycles. The van der Waals surface area contributed by atoms with E-state index in [0.29, 0.717) is 25.1 Å². The van der Waals surface area contributed by atoms with Crippen LogP contribution in [0.4, 0.5) is 26.2 Å². The second-order valence-electron chi connectivity index (χ2n) is 10.0. The summed E-state index contributed by atoms with van der Waals surface area (Å²) < 4.78 is 18.9. The van der Waals surface area contributed by atoms with Crippen LogP contribution in [0.1, 0.15) is 34.3 Å². The van der Waals surface area contributed by atoms with Crippen LogP contribution in [-0.4, -0.2) is 61.2 Å². The molecule has 2 aromatic carbocycles. The maximum absolute atomic E-state index is 13.6. The molecule has 1 N–H and O–H groups in total. The number of aromatic nitrogens is 1. The molecule has 8 nitrogen and oxygen atoms in total. The molecule has 1 saturated heterocycles. The van der Waals surface area contributed by atoms with Crippen LogP contribution in [-0.2, 0) is 12.8 Å². The molecule has 4 heterocycles. The summed E-state index contributed by atoms with van der Waals surface area (Å²) in [5, 5.41) is 3.07. The second-order valence-corrected chi connectivity index (χ2v) is 10.0. The van der Waals surface area contributed by atoms with E-state index in [1.54, 1.807) is 30.5 Å². The summed E-state index contributed by atoms with van der Waals surface area (Å²) in [5.74, 6) is 0.376. The van der Waals surface area contributed by atoms with E-state index in [1.807, 2.05) is 29.2 Å². The number of carbonyl (C=O) groups is 2. The number of anilines is 3. The first-order chi connectivity index (χ1) is 18.5. The molecule has 0 radical (unpaired) electrons. The van der Waals surface area contributed by atoms with Crippen molar-refractivity contribution in [1.29, 1.82) is 0 Å². The number of amides is 3. The molecule has 6 rings (SSSR count). The molecule has 0 spiro atoms. The molecule has 3 amide bonds. The summed E-state index contributed by atoms with van der Waals surface area (Å²) in [7, 11) is 1.64. The lowest BCUT2D eigenvalue weighted by Gasteiger charge is -2.38. The number of ether oxygens (including phenoxy) is 1. The van der Waals surface area contributed by atoms with E-state index in [0.717, 1.165) is 66.3 Å². The summed E-state index contributed by atoms with van der Waals surface area (Å²) in [6, 6.07) is 12.3. The lowest BCUT2D eigenvalue weighted by Crippen LogP contribution is -2.49. The zero-order chi connectivity index (χ0) is 26.2. The van der Waals surface area contributed by atoms with Gasteiger partial charge in [-0.05, 0) is 79.3 Å². The zero-order valence-electron chi connectivity index (χ0n) is 21.3. The Morgan fingerprint density at radius 3 is 2.63 bits per heavy atom. The van der Waals surface area contributed by atoms with Gasteiger partial charge in [-0.15, -0.1) is 0 Å². The molecule has 0 aliphatic carbocycles. The largest absolute Gasteiger partial charge is 0.497 e. The number of piperidine rings is 1. The molecule has 196 valence electrons. The molecular weight excluding hydrogens is 485 g/mol. The Hall–Kier alpha value is -4.14. The van der Waals surface area contributed by atoms with Crippen LogP contribution in [0.15, 0.2) is 54.9 Å². The minimum atomic E-state index is -0.285. The van der Waals surface area contributed by atoms with Crippen molar-refractivity contribution in [2.24, 2.45) is 0 Å². The zero-order valence-corrected chi connectivity index (χ0v) is 21.3. The number of pyridine rings is 1. The van der Waals surface area contributed by atoms with E-state index in [9.17, 15) is 14.0 Å². The van der Waals surface area contributed by atoms with Gasteiger partial charge in [-0.3, -0.25) is 9.78 Å². The highest BCUT2D eigenvalue weighted by Gasteiger charge is 2.31. The average Bonchev–Trinajstić information content (AvgIpc) is 3.28. The summed E-state index contributed by atoms with van der Waals surface area (Å²) in [6.07, 6.45) is 6.45. The van der Waals surface area contributed by atoms with Gasteiger partial charge in [-0.2, -0.15) is 0 Å². The van der Waals surface area contributed by atoms with Crippen LogP contribution in [0.5, 0.6) is 5.75 Å². The van der Waals surface area contributed by atoms with Gasteiger partial charge in [0.1, 0.15) is 11.6 Å². The summed E-state index contributed by atoms with van der Waals surface area (Å²) in [4.78, 5) is 36.6. The predicted octanol–water partition coefficient (Wildman–Crippen LogP) is 4.49. The van der Waals surface area contributed by atoms with E-state index in [4.69, 9.17) is 4.74 Å². The SMILES string of the molecule is COc1ccc2c(c1)CCN(C1CCN(c3cncc(C(=O)N4CCc5cc(F)ccc54)c3)CC1)C(=O)N2. The van der Waals surface area contributed by atoms with Gasteiger partial charge in [-0.1, -0.05) is 0 Å². The fourth-order valence-corrected chi connectivity index (χ4v) is 5.79. The number of urea groups is 1. The number of hydrogen-bond donors (Lipinski definition) is 1. The van der Waals surface area contributed by atoms with E-state index in [2.05, 4.69) is 15.2 Å². The molecule has 9 heteroatoms. The van der Waals surface area contributed by atoms with E-state index in [-0.39, 0.29) is 23.8 Å². The standard InChI is InChI=1S/C29H30FN5O3/c1-38-25-3-4-26-19(16-25)6-12-34(29(37)32-26)23-8-10-33(11-9-23)24-15-21(17-31-18-24)28(36)35-13-7-20-14-22(30)2-5-27(20)35/h2-5,14-18,23H,6-13H2,1H3,(H,32,37). The smallest absolute Gasteiger partial charge is 0.322 e. The molecule has 1 aromatic heterocycles. The highest BCUT2D eigenvalue weighted by Crippen LogP contribution is 2.31. The molecule has 3 aromatic rings. The molecular formula is C29H30FN5O3. The van der Waals surface area contributed by atoms with Crippen molar-refractivity contribution in [2.75, 3.05) is 48.4 Å². The third kappa shape index (κ3) is 4.53. The number of hydrogen-bond acceptors (Lipinski definition) is 5. The molecule has 3 aliphatic heterocycles. The number of halogens is 1. The maximum atomic E-state index is 13.6. The molecule has 0 unspecified atom stereocenters. The number of methoxy groups -OCH3 is 1. The van der Waals surface area contributed by atoms with Gasteiger partial charge >= 0.3 is 6.03 Å². The molecule has 3 aliphatic rings. The van der Waals surface area contributed by atoms with Crippen LogP contribution in [0.2, 0.25) is 0 Å². The highest BCUT2D eigenvalue weighted by molar-refractivity contribution is 6.07. The van der Waals surface area contributed by atoms with Gasteiger partial charge in [0.25, 0.3) is 5.91 Å². The van der Waals surface area contributed by atoms with Crippen LogP contribution >= 0.6 is 0 Å². The van der Waals surface area contributed by atoms with Crippen LogP contribution in [0, 0.1) is 5.82 Å². The Labute approximate surface area is 221 Å². The first-order valence-electron chi connectivity index (χ1n) is 13.0. The Bertz CT molecular complexity index is 1390. The maximum Gasteiger partial charge on any atom is 0.322 e. The Morgan fingerprint density at radius 2 is 1.82 bits per heavy atom. The summed E-state index contributed by atoms with van der Waals surface area (Å²) in [6.45, 7) is 2.71. The molecule has 0 atom stereocenters. The minimum Gasteiger partial charge on any atom is -0.497 e. The van der Waals surface area contributed by atoms with Crippen molar-refractivity contribution in [2.45, 2.75) is 31.7 Å². The van der Waals surface area contributed by atoms with Crippen molar-refractivity contribution in [3.8, 4) is 5.75 Å². The summed E-state index contributed by atoms with van der Waals surface area (Å²) >= 11 is 0. The molecule has 38 heavy (non-hydrogen) atoms. The van der Waals surface area contributed by atoms with Gasteiger partial charge < -0.3 is 24.8 Å². The monoisotopic (exact) mass is 515 g/mol. The molecule has 0 bridgehead atoms. The first-order valence-corrected chi connectivity index (χ1v) is 13.0. The second kappa shape index (κ2) is 9.96. The number of benzene rings is 2. The van der Waals surface area contributed by atoms with E-state index in [1.165, 1.54) is 12.1 Å². The van der Waals surface area contributed by atoms with Gasteiger partial charge in [0.05, 0.1) is 24.6 Å². The van der Waals surface area contributed by atoms with E-state index < -0.39 is 0 Å². The predicted molar refractivity (Wildman–Crippen MR) is 144 cm³/mol. The van der Waals surface area contributed by atoms with Crippen LogP contribution in [0.3, 0.4) is 0 Å². The van der Waals surface area contributed by atoms with Crippen molar-refractivity contribution in [3.05, 3.63) is 77.4 Å². The van der Waals surface area contributed by atoms with Crippen molar-refractivity contribution >= 4 is 29.0 Å². The quantitative estimate of drug-likeness (QED) is 0.554. The van der Waals surface area contributed by atoms with Gasteiger partial charge in [-0.25, -0.2) is 9.18 Å². The van der Waals surface area contributed by atoms with E-state index >= 15 is 0 Å². The number of carbonyl (C=O) groups excluding carboxylic acids is 2. The lowest BCUT2D eigenvalue weighted by molar-refractivity contribution is 0.0989. The first kappa shape index (κ1) is 24.2. The van der Waals surface area contributed by atoms with Crippen molar-refractivity contribution in [1.82, 2.24) is 9.88 Å². The third-order valence-corrected chi connectivity index (χ3v) is 7.86. The number of nitrogens with zero attached hydrogens (tertiary/aromatic N) is 4. The average molecular weight is 516 g/mol. The van der Waals surface area contributed by atoms with Crippen LogP contribution < -0.4 is 19.9 Å². The number of nitrogens with one attached hydrogen (secondary N) is 1. The third-order valence-electron chi connectivity index (χ3n) is 7.86. The van der Waals surface area contributed by atoms with Gasteiger partial charge in [0.2, 0.25) is 0 Å². The van der Waals surface area contributed by atoms with Crippen molar-refractivity contribution < 1.29 is 18.7 Å². The van der Waals surface area contributed by atoms with Gasteiger partial charge in [0, 0.05) is 49.8 Å². The highest BCUT2D eigenvalue weighted by atomic mass is 19.1. The fraction of sp³-hybridized carbons (Fsp3) is 0.345. The molecule has 1 fully saturated rings. The van der Waals surface area contributed by atoms with Crippen LogP contribution in [0.25, 0.3) is 0 Å². The minimum absolute atomic E-state index is 0.0626. The van der Waals surface area contributed by atoms with Gasteiger partial charge in [0.15, 0.2) is 0 Å². The lowest BCUT2D eigenvalue weighted by atomic mass is 10.0. The van der Waals surface area contributed by atoms with Crippen molar-refractivity contribution in [3.63, 3.8) is 0 Å². The Kier molecular flexibility index (Phi) is 6.35. The Balaban J connectivity index is 1.11. The topological polar surface area (TPSA) is 78.0 Å². The summed E-state index contributed by atoms with van der Waals surface area (Å²) in [5.41, 5.74) is 4.95. The Morgan fingerprint density at radius 1 is 1.00 bits per heavy atom.